The molecule has 134 valence electrons. The molecule has 2 fully saturated rings. The molecule has 0 bridgehead atoms. The molecule has 0 spiro atoms. The number of carbonyl (C=O) groups is 3. The van der Waals surface area contributed by atoms with E-state index in [0.29, 0.717) is 31.8 Å². The zero-order valence-corrected chi connectivity index (χ0v) is 14.4. The summed E-state index contributed by atoms with van der Waals surface area (Å²) >= 11 is 0. The minimum absolute atomic E-state index is 0.0191. The minimum atomic E-state index is -0.0980. The number of amides is 3. The van der Waals surface area contributed by atoms with E-state index in [1.807, 2.05) is 6.92 Å². The van der Waals surface area contributed by atoms with Gasteiger partial charge in [0.15, 0.2) is 0 Å². The van der Waals surface area contributed by atoms with Crippen LogP contribution in [0.4, 0.5) is 5.69 Å². The van der Waals surface area contributed by atoms with Gasteiger partial charge in [-0.25, -0.2) is 0 Å². The molecular weight excluding hydrogens is 320 g/mol. The Bertz CT molecular complexity index is 641. The fourth-order valence-electron chi connectivity index (χ4n) is 3.16. The van der Waals surface area contributed by atoms with Gasteiger partial charge < -0.3 is 15.5 Å². The highest BCUT2D eigenvalue weighted by Crippen LogP contribution is 2.37. The molecule has 3 rings (SSSR count). The van der Waals surface area contributed by atoms with Gasteiger partial charge in [-0.3, -0.25) is 19.4 Å². The molecule has 1 aliphatic heterocycles. The molecule has 1 aromatic heterocycles. The van der Waals surface area contributed by atoms with Crippen molar-refractivity contribution in [3.05, 3.63) is 24.5 Å². The minimum Gasteiger partial charge on any atom is -0.347 e. The number of anilines is 1. The van der Waals surface area contributed by atoms with Gasteiger partial charge in [0.1, 0.15) is 0 Å². The number of pyridine rings is 1. The third-order valence-corrected chi connectivity index (χ3v) is 5.03. The summed E-state index contributed by atoms with van der Waals surface area (Å²) in [5.41, 5.74) is 0.732. The quantitative estimate of drug-likeness (QED) is 0.835. The zero-order valence-electron chi connectivity index (χ0n) is 14.4. The number of carbonyl (C=O) groups excluding carboxylic acids is 3. The van der Waals surface area contributed by atoms with Crippen LogP contribution in [0.25, 0.3) is 0 Å². The first-order valence-corrected chi connectivity index (χ1v) is 8.81. The summed E-state index contributed by atoms with van der Waals surface area (Å²) in [6, 6.07) is 3.50. The molecule has 2 N–H and O–H groups in total. The van der Waals surface area contributed by atoms with Crippen molar-refractivity contribution in [2.24, 2.45) is 17.8 Å². The highest BCUT2D eigenvalue weighted by molar-refractivity contribution is 5.92. The van der Waals surface area contributed by atoms with Crippen LogP contribution in [-0.2, 0) is 14.4 Å². The van der Waals surface area contributed by atoms with Crippen molar-refractivity contribution in [2.45, 2.75) is 26.2 Å². The lowest BCUT2D eigenvalue weighted by Gasteiger charge is -2.31. The number of nitrogens with one attached hydrogen (secondary N) is 2. The van der Waals surface area contributed by atoms with E-state index < -0.39 is 0 Å². The monoisotopic (exact) mass is 344 g/mol. The van der Waals surface area contributed by atoms with Gasteiger partial charge in [-0.1, -0.05) is 6.92 Å². The van der Waals surface area contributed by atoms with Crippen LogP contribution in [-0.4, -0.2) is 47.2 Å². The summed E-state index contributed by atoms with van der Waals surface area (Å²) in [7, 11) is 0. The number of aromatic nitrogens is 1. The van der Waals surface area contributed by atoms with E-state index in [4.69, 9.17) is 0 Å². The second-order valence-corrected chi connectivity index (χ2v) is 6.92. The summed E-state index contributed by atoms with van der Waals surface area (Å²) in [6.07, 6.45) is 5.45. The van der Waals surface area contributed by atoms with E-state index in [0.717, 1.165) is 12.1 Å². The van der Waals surface area contributed by atoms with Crippen LogP contribution in [0.5, 0.6) is 0 Å². The Morgan fingerprint density at radius 2 is 1.80 bits per heavy atom. The second kappa shape index (κ2) is 7.63. The molecule has 7 heteroatoms. The molecular formula is C18H24N4O3. The van der Waals surface area contributed by atoms with Crippen molar-refractivity contribution < 1.29 is 14.4 Å². The van der Waals surface area contributed by atoms with E-state index in [1.54, 1.807) is 29.4 Å². The van der Waals surface area contributed by atoms with Crippen LogP contribution >= 0.6 is 0 Å². The van der Waals surface area contributed by atoms with Crippen LogP contribution in [0.2, 0.25) is 0 Å². The molecule has 25 heavy (non-hydrogen) atoms. The van der Waals surface area contributed by atoms with E-state index in [-0.39, 0.29) is 36.1 Å². The van der Waals surface area contributed by atoms with Crippen LogP contribution in [0, 0.1) is 17.8 Å². The topological polar surface area (TPSA) is 91.4 Å². The lowest BCUT2D eigenvalue weighted by Crippen LogP contribution is -2.45. The van der Waals surface area contributed by atoms with Crippen LogP contribution in [0.3, 0.4) is 0 Å². The average Bonchev–Trinajstić information content (AvgIpc) is 3.37. The van der Waals surface area contributed by atoms with Crippen LogP contribution < -0.4 is 10.6 Å². The normalized spacial score (nSPS) is 23.0. The summed E-state index contributed by atoms with van der Waals surface area (Å²) in [5.74, 6) is 0.302. The maximum absolute atomic E-state index is 12.3. The van der Waals surface area contributed by atoms with Gasteiger partial charge in [0.2, 0.25) is 17.7 Å². The van der Waals surface area contributed by atoms with Gasteiger partial charge in [0.05, 0.1) is 6.54 Å². The molecule has 0 unspecified atom stereocenters. The molecule has 1 aromatic rings. The highest BCUT2D eigenvalue weighted by Gasteiger charge is 2.39. The average molecular weight is 344 g/mol. The first kappa shape index (κ1) is 17.4. The molecule has 0 radical (unpaired) electrons. The predicted molar refractivity (Wildman–Crippen MR) is 92.5 cm³/mol. The van der Waals surface area contributed by atoms with Crippen molar-refractivity contribution in [3.63, 3.8) is 0 Å². The Hall–Kier alpha value is -2.44. The molecule has 1 saturated carbocycles. The third-order valence-electron chi connectivity index (χ3n) is 5.03. The number of nitrogens with zero attached hydrogens (tertiary/aromatic N) is 2. The smallest absolute Gasteiger partial charge is 0.241 e. The Morgan fingerprint density at radius 1 is 1.16 bits per heavy atom. The summed E-state index contributed by atoms with van der Waals surface area (Å²) in [5, 5.41) is 5.60. The number of hydrogen-bond donors (Lipinski definition) is 2. The first-order valence-electron chi connectivity index (χ1n) is 8.81. The maximum atomic E-state index is 12.3. The Kier molecular flexibility index (Phi) is 5.31. The number of hydrogen-bond acceptors (Lipinski definition) is 4. The molecule has 7 nitrogen and oxygen atoms in total. The van der Waals surface area contributed by atoms with Gasteiger partial charge in [-0.05, 0) is 37.3 Å². The van der Waals surface area contributed by atoms with Crippen LogP contribution in [0.15, 0.2) is 24.5 Å². The molecule has 2 atom stereocenters. The standard InChI is InChI=1S/C18H24N4O3/c1-12-10-15(12)18(25)20-11-16(23)22-8-4-13(5-9-22)17(24)21-14-2-6-19-7-3-14/h2-3,6-7,12-13,15H,4-5,8-11H2,1H3,(H,20,25)(H,19,21,24)/t12-,15+/m1/s1. The van der Waals surface area contributed by atoms with E-state index in [2.05, 4.69) is 15.6 Å². The van der Waals surface area contributed by atoms with Gasteiger partial charge in [-0.2, -0.15) is 0 Å². The molecule has 2 aliphatic rings. The Morgan fingerprint density at radius 3 is 2.40 bits per heavy atom. The lowest BCUT2D eigenvalue weighted by atomic mass is 9.95. The van der Waals surface area contributed by atoms with Crippen molar-refractivity contribution in [3.8, 4) is 0 Å². The predicted octanol–water partition coefficient (Wildman–Crippen LogP) is 1.03. The summed E-state index contributed by atoms with van der Waals surface area (Å²) < 4.78 is 0. The molecule has 0 aromatic carbocycles. The highest BCUT2D eigenvalue weighted by atomic mass is 16.2. The first-order chi connectivity index (χ1) is 12.0. The number of likely N-dealkylation sites (tertiary alicyclic amines) is 1. The van der Waals surface area contributed by atoms with Gasteiger partial charge in [-0.15, -0.1) is 0 Å². The SMILES string of the molecule is C[C@@H]1C[C@@H]1C(=O)NCC(=O)N1CCC(C(=O)Nc2ccncc2)CC1. The van der Waals surface area contributed by atoms with E-state index >= 15 is 0 Å². The van der Waals surface area contributed by atoms with E-state index in [9.17, 15) is 14.4 Å². The van der Waals surface area contributed by atoms with E-state index in [1.165, 1.54) is 0 Å². The van der Waals surface area contributed by atoms with Gasteiger partial charge >= 0.3 is 0 Å². The Labute approximate surface area is 147 Å². The summed E-state index contributed by atoms with van der Waals surface area (Å²) in [6.45, 7) is 3.18. The lowest BCUT2D eigenvalue weighted by molar-refractivity contribution is -0.135. The van der Waals surface area contributed by atoms with Crippen molar-refractivity contribution in [1.29, 1.82) is 0 Å². The molecule has 2 heterocycles. The summed E-state index contributed by atoms with van der Waals surface area (Å²) in [4.78, 5) is 41.9. The molecule has 1 saturated heterocycles. The largest absolute Gasteiger partial charge is 0.347 e. The number of rotatable bonds is 5. The molecule has 3 amide bonds. The third kappa shape index (κ3) is 4.55. The van der Waals surface area contributed by atoms with Crippen molar-refractivity contribution in [1.82, 2.24) is 15.2 Å². The zero-order chi connectivity index (χ0) is 17.8. The van der Waals surface area contributed by atoms with Crippen LogP contribution in [0.1, 0.15) is 26.2 Å². The van der Waals surface area contributed by atoms with Gasteiger partial charge in [0, 0.05) is 43.0 Å². The Balaban J connectivity index is 1.39. The molecule has 1 aliphatic carbocycles. The van der Waals surface area contributed by atoms with Gasteiger partial charge in [0.25, 0.3) is 0 Å². The number of piperidine rings is 1. The van der Waals surface area contributed by atoms with Crippen molar-refractivity contribution >= 4 is 23.4 Å². The van der Waals surface area contributed by atoms with Crippen molar-refractivity contribution in [2.75, 3.05) is 25.0 Å². The maximum Gasteiger partial charge on any atom is 0.241 e. The second-order valence-electron chi connectivity index (χ2n) is 6.92. The fraction of sp³-hybridized carbons (Fsp3) is 0.556. The fourth-order valence-corrected chi connectivity index (χ4v) is 3.16.